The highest BCUT2D eigenvalue weighted by Crippen LogP contribution is 2.21. The number of hydrogen-bond donors (Lipinski definition) is 1. The Morgan fingerprint density at radius 3 is 1.75 bits per heavy atom. The number of Topliss-reactive ketones (excluding diaryl/α,β-unsaturated/α-hetero) is 1. The van der Waals surface area contributed by atoms with Crippen LogP contribution in [-0.4, -0.2) is 38.0 Å². The number of nitrogens with two attached hydrogens (primary N) is 1. The van der Waals surface area contributed by atoms with Gasteiger partial charge in [0.05, 0.1) is 6.04 Å². The van der Waals surface area contributed by atoms with Crippen molar-refractivity contribution in [1.29, 1.82) is 0 Å². The fourth-order valence-electron chi connectivity index (χ4n) is 2.97. The van der Waals surface area contributed by atoms with Crippen molar-refractivity contribution in [3.8, 4) is 0 Å². The van der Waals surface area contributed by atoms with Gasteiger partial charge in [-0.2, -0.15) is 0 Å². The normalized spacial score (nSPS) is 16.1. The molecule has 126 valence electrons. The highest BCUT2D eigenvalue weighted by atomic mass is 19.1. The van der Waals surface area contributed by atoms with E-state index < -0.39 is 6.04 Å². The third kappa shape index (κ3) is 3.57. The van der Waals surface area contributed by atoms with Gasteiger partial charge in [-0.05, 0) is 55.5 Å². The molecular weight excluding hydrogens is 305 g/mol. The van der Waals surface area contributed by atoms with E-state index in [9.17, 15) is 9.18 Å². The van der Waals surface area contributed by atoms with Crippen molar-refractivity contribution in [2.24, 2.45) is 5.73 Å². The van der Waals surface area contributed by atoms with Crippen LogP contribution in [0.5, 0.6) is 0 Å². The third-order valence-corrected chi connectivity index (χ3v) is 4.40. The van der Waals surface area contributed by atoms with Gasteiger partial charge in [-0.3, -0.25) is 4.79 Å². The second-order valence-electron chi connectivity index (χ2n) is 6.15. The lowest BCUT2D eigenvalue weighted by atomic mass is 10.1. The molecule has 1 heterocycles. The standard InChI is InChI=1S/C19H22FN3O/c1-14(21)19(24)15-2-6-17(7-3-15)22-10-12-23(13-11-22)18-8-4-16(20)5-9-18/h2-9,14H,10-13,21H2,1H3. The highest BCUT2D eigenvalue weighted by Gasteiger charge is 2.18. The van der Waals surface area contributed by atoms with E-state index in [-0.39, 0.29) is 11.6 Å². The summed E-state index contributed by atoms with van der Waals surface area (Å²) in [6.45, 7) is 5.24. The van der Waals surface area contributed by atoms with E-state index in [0.717, 1.165) is 37.6 Å². The molecular formula is C19H22FN3O. The fourth-order valence-corrected chi connectivity index (χ4v) is 2.97. The number of ketones is 1. The highest BCUT2D eigenvalue weighted by molar-refractivity contribution is 5.99. The number of hydrogen-bond acceptors (Lipinski definition) is 4. The van der Waals surface area contributed by atoms with E-state index >= 15 is 0 Å². The largest absolute Gasteiger partial charge is 0.368 e. The third-order valence-electron chi connectivity index (χ3n) is 4.40. The van der Waals surface area contributed by atoms with E-state index in [1.54, 1.807) is 6.92 Å². The Labute approximate surface area is 141 Å². The number of halogens is 1. The fraction of sp³-hybridized carbons (Fsp3) is 0.316. The number of carbonyl (C=O) groups is 1. The Morgan fingerprint density at radius 2 is 1.33 bits per heavy atom. The lowest BCUT2D eigenvalue weighted by Crippen LogP contribution is -2.46. The van der Waals surface area contributed by atoms with Crippen LogP contribution >= 0.6 is 0 Å². The lowest BCUT2D eigenvalue weighted by molar-refractivity contribution is 0.0968. The molecule has 4 nitrogen and oxygen atoms in total. The second kappa shape index (κ2) is 7.01. The van der Waals surface area contributed by atoms with Gasteiger partial charge in [0.25, 0.3) is 0 Å². The van der Waals surface area contributed by atoms with Crippen LogP contribution in [0, 0.1) is 5.82 Å². The van der Waals surface area contributed by atoms with Gasteiger partial charge >= 0.3 is 0 Å². The van der Waals surface area contributed by atoms with Gasteiger partial charge in [-0.25, -0.2) is 4.39 Å². The Hall–Kier alpha value is -2.40. The summed E-state index contributed by atoms with van der Waals surface area (Å²) in [5.41, 5.74) is 8.45. The van der Waals surface area contributed by atoms with Crippen LogP contribution in [0.2, 0.25) is 0 Å². The first kappa shape index (κ1) is 16.5. The molecule has 1 fully saturated rings. The summed E-state index contributed by atoms with van der Waals surface area (Å²) in [7, 11) is 0. The first-order valence-corrected chi connectivity index (χ1v) is 8.20. The number of carbonyl (C=O) groups excluding carboxylic acids is 1. The average molecular weight is 327 g/mol. The molecule has 2 aromatic rings. The van der Waals surface area contributed by atoms with Crippen molar-refractivity contribution in [1.82, 2.24) is 0 Å². The molecule has 1 aliphatic heterocycles. The van der Waals surface area contributed by atoms with Crippen LogP contribution in [0.1, 0.15) is 17.3 Å². The zero-order valence-electron chi connectivity index (χ0n) is 13.8. The maximum absolute atomic E-state index is 13.0. The minimum Gasteiger partial charge on any atom is -0.368 e. The van der Waals surface area contributed by atoms with Crippen LogP contribution in [0.4, 0.5) is 15.8 Å². The van der Waals surface area contributed by atoms with E-state index in [1.807, 2.05) is 36.4 Å². The Kier molecular flexibility index (Phi) is 4.81. The van der Waals surface area contributed by atoms with Gasteiger partial charge in [0.2, 0.25) is 0 Å². The number of rotatable bonds is 4. The first-order valence-electron chi connectivity index (χ1n) is 8.20. The molecule has 0 bridgehead atoms. The summed E-state index contributed by atoms with van der Waals surface area (Å²) >= 11 is 0. The molecule has 0 aliphatic carbocycles. The first-order chi connectivity index (χ1) is 11.5. The molecule has 0 amide bonds. The van der Waals surface area contributed by atoms with Crippen molar-refractivity contribution in [2.75, 3.05) is 36.0 Å². The SMILES string of the molecule is CC(N)C(=O)c1ccc(N2CCN(c3ccc(F)cc3)CC2)cc1. The molecule has 3 rings (SSSR count). The molecule has 0 spiro atoms. The Bertz CT molecular complexity index is 690. The monoisotopic (exact) mass is 327 g/mol. The van der Waals surface area contributed by atoms with E-state index in [1.165, 1.54) is 12.1 Å². The van der Waals surface area contributed by atoms with E-state index in [0.29, 0.717) is 5.56 Å². The van der Waals surface area contributed by atoms with Crippen molar-refractivity contribution >= 4 is 17.2 Å². The summed E-state index contributed by atoms with van der Waals surface area (Å²) < 4.78 is 13.0. The smallest absolute Gasteiger partial charge is 0.179 e. The molecule has 24 heavy (non-hydrogen) atoms. The van der Waals surface area contributed by atoms with Gasteiger partial charge in [-0.15, -0.1) is 0 Å². The zero-order chi connectivity index (χ0) is 17.1. The Morgan fingerprint density at radius 1 is 0.917 bits per heavy atom. The van der Waals surface area contributed by atoms with E-state index in [2.05, 4.69) is 9.80 Å². The summed E-state index contributed by atoms with van der Waals surface area (Å²) in [5, 5.41) is 0. The molecule has 2 aromatic carbocycles. The summed E-state index contributed by atoms with van der Waals surface area (Å²) in [6.07, 6.45) is 0. The molecule has 0 saturated carbocycles. The molecule has 1 unspecified atom stereocenters. The van der Waals surface area contributed by atoms with Gasteiger partial charge in [0, 0.05) is 43.1 Å². The van der Waals surface area contributed by atoms with Gasteiger partial charge in [0.15, 0.2) is 5.78 Å². The maximum Gasteiger partial charge on any atom is 0.179 e. The minimum absolute atomic E-state index is 0.0392. The van der Waals surface area contributed by atoms with Crippen molar-refractivity contribution in [3.05, 3.63) is 59.9 Å². The number of piperazine rings is 1. The van der Waals surface area contributed by atoms with Crippen molar-refractivity contribution in [2.45, 2.75) is 13.0 Å². The molecule has 1 saturated heterocycles. The summed E-state index contributed by atoms with van der Waals surface area (Å²) in [6, 6.07) is 13.8. The predicted molar refractivity (Wildman–Crippen MR) is 95.2 cm³/mol. The summed E-state index contributed by atoms with van der Waals surface area (Å²) in [5.74, 6) is -0.249. The minimum atomic E-state index is -0.477. The van der Waals surface area contributed by atoms with Crippen LogP contribution in [0.25, 0.3) is 0 Å². The quantitative estimate of drug-likeness (QED) is 0.877. The van der Waals surface area contributed by atoms with Crippen LogP contribution in [0.15, 0.2) is 48.5 Å². The molecule has 1 aliphatic rings. The molecule has 0 aromatic heterocycles. The average Bonchev–Trinajstić information content (AvgIpc) is 2.62. The van der Waals surface area contributed by atoms with E-state index in [4.69, 9.17) is 5.73 Å². The van der Waals surface area contributed by atoms with Crippen LogP contribution in [-0.2, 0) is 0 Å². The molecule has 1 atom stereocenters. The van der Waals surface area contributed by atoms with Crippen LogP contribution in [0.3, 0.4) is 0 Å². The number of anilines is 2. The zero-order valence-corrected chi connectivity index (χ0v) is 13.8. The maximum atomic E-state index is 13.0. The van der Waals surface area contributed by atoms with Gasteiger partial charge in [0.1, 0.15) is 5.82 Å². The predicted octanol–water partition coefficient (Wildman–Crippen LogP) is 2.68. The van der Waals surface area contributed by atoms with Crippen LogP contribution < -0.4 is 15.5 Å². The number of benzene rings is 2. The number of nitrogens with zero attached hydrogens (tertiary/aromatic N) is 2. The van der Waals surface area contributed by atoms with Crippen molar-refractivity contribution < 1.29 is 9.18 Å². The summed E-state index contributed by atoms with van der Waals surface area (Å²) in [4.78, 5) is 16.4. The Balaban J connectivity index is 1.62. The van der Waals surface area contributed by atoms with Crippen molar-refractivity contribution in [3.63, 3.8) is 0 Å². The topological polar surface area (TPSA) is 49.6 Å². The second-order valence-corrected chi connectivity index (χ2v) is 6.15. The van der Waals surface area contributed by atoms with Gasteiger partial charge < -0.3 is 15.5 Å². The molecule has 0 radical (unpaired) electrons. The van der Waals surface area contributed by atoms with Gasteiger partial charge in [-0.1, -0.05) is 0 Å². The molecule has 2 N–H and O–H groups in total. The lowest BCUT2D eigenvalue weighted by Gasteiger charge is -2.37. The molecule has 5 heteroatoms.